The van der Waals surface area contributed by atoms with Gasteiger partial charge in [0.25, 0.3) is 0 Å². The molecule has 2 aromatic rings. The van der Waals surface area contributed by atoms with E-state index >= 15 is 0 Å². The van der Waals surface area contributed by atoms with Crippen LogP contribution in [0.5, 0.6) is 5.75 Å². The molecule has 0 fully saturated rings. The molecule has 0 aliphatic rings. The van der Waals surface area contributed by atoms with Crippen molar-refractivity contribution < 1.29 is 18.7 Å². The first kappa shape index (κ1) is 15.6. The van der Waals surface area contributed by atoms with Gasteiger partial charge in [-0.25, -0.2) is 9.37 Å². The van der Waals surface area contributed by atoms with Crippen LogP contribution in [0.3, 0.4) is 0 Å². The molecule has 0 saturated heterocycles. The molecule has 112 valence electrons. The number of ketones is 1. The van der Waals surface area contributed by atoms with Crippen molar-refractivity contribution in [3.05, 3.63) is 45.7 Å². The number of carbonyl (C=O) groups is 1. The third kappa shape index (κ3) is 4.34. The zero-order valence-electron chi connectivity index (χ0n) is 11.9. The molecule has 0 aliphatic heterocycles. The third-order valence-corrected chi connectivity index (χ3v) is 4.00. The highest BCUT2D eigenvalue weighted by Crippen LogP contribution is 2.21. The Labute approximate surface area is 126 Å². The molecule has 1 heterocycles. The van der Waals surface area contributed by atoms with Gasteiger partial charge >= 0.3 is 0 Å². The first-order valence-electron chi connectivity index (χ1n) is 6.47. The van der Waals surface area contributed by atoms with Crippen LogP contribution < -0.4 is 4.74 Å². The summed E-state index contributed by atoms with van der Waals surface area (Å²) in [4.78, 5) is 16.6. The summed E-state index contributed by atoms with van der Waals surface area (Å²) in [6.07, 6.45) is 0.589. The van der Waals surface area contributed by atoms with E-state index in [2.05, 4.69) is 4.98 Å². The van der Waals surface area contributed by atoms with Gasteiger partial charge in [-0.2, -0.15) is 0 Å². The molecule has 0 saturated carbocycles. The summed E-state index contributed by atoms with van der Waals surface area (Å²) in [6, 6.07) is 5.86. The Morgan fingerprint density at radius 2 is 2.05 bits per heavy atom. The molecule has 4 nitrogen and oxygen atoms in total. The maximum atomic E-state index is 12.8. The largest absolute Gasteiger partial charge is 0.493 e. The summed E-state index contributed by atoms with van der Waals surface area (Å²) in [7, 11) is 1.57. The molecule has 0 radical (unpaired) electrons. The monoisotopic (exact) mass is 309 g/mol. The van der Waals surface area contributed by atoms with Crippen LogP contribution in [0.25, 0.3) is 0 Å². The van der Waals surface area contributed by atoms with Crippen LogP contribution >= 0.6 is 11.3 Å². The molecule has 1 aromatic heterocycles. The van der Waals surface area contributed by atoms with E-state index in [-0.39, 0.29) is 11.6 Å². The zero-order valence-corrected chi connectivity index (χ0v) is 12.7. The van der Waals surface area contributed by atoms with Crippen molar-refractivity contribution in [1.82, 2.24) is 4.98 Å². The molecule has 0 spiro atoms. The number of aromatic nitrogens is 1. The maximum absolute atomic E-state index is 12.8. The minimum absolute atomic E-state index is 0.00903. The zero-order chi connectivity index (χ0) is 15.2. The highest BCUT2D eigenvalue weighted by molar-refractivity contribution is 7.13. The normalized spacial score (nSPS) is 10.6. The number of rotatable bonds is 7. The lowest BCUT2D eigenvalue weighted by molar-refractivity contribution is 0.101. The summed E-state index contributed by atoms with van der Waals surface area (Å²) in [5.74, 6) is 0.305. The number of carbonyl (C=O) groups excluding carboxylic acids is 1. The lowest BCUT2D eigenvalue weighted by Crippen LogP contribution is -2.01. The van der Waals surface area contributed by atoms with Gasteiger partial charge in [0.2, 0.25) is 0 Å². The van der Waals surface area contributed by atoms with Crippen molar-refractivity contribution in [1.29, 1.82) is 0 Å². The Morgan fingerprint density at radius 3 is 2.67 bits per heavy atom. The smallest absolute Gasteiger partial charge is 0.171 e. The van der Waals surface area contributed by atoms with Crippen molar-refractivity contribution in [3.8, 4) is 5.75 Å². The molecule has 0 aliphatic carbocycles. The number of Topliss-reactive ketones (excluding diaryl/α,β-unsaturated/α-hetero) is 1. The second-order valence-electron chi connectivity index (χ2n) is 4.43. The Hall–Kier alpha value is -1.79. The second-order valence-corrected chi connectivity index (χ2v) is 5.51. The van der Waals surface area contributed by atoms with E-state index in [1.54, 1.807) is 19.2 Å². The number of hydrogen-bond donors (Lipinski definition) is 0. The molecule has 0 N–H and O–H groups in total. The minimum Gasteiger partial charge on any atom is -0.493 e. The van der Waals surface area contributed by atoms with Gasteiger partial charge in [0, 0.05) is 20.5 Å². The van der Waals surface area contributed by atoms with E-state index < -0.39 is 0 Å². The standard InChI is InChI=1S/C15H16FNO3S/c1-10(18)15-13(9-19-2)17-14(21-15)7-8-20-12-5-3-11(16)4-6-12/h3-6H,7-9H2,1-2H3. The number of ether oxygens (including phenoxy) is 2. The van der Waals surface area contributed by atoms with E-state index in [4.69, 9.17) is 9.47 Å². The lowest BCUT2D eigenvalue weighted by atomic mass is 10.3. The first-order valence-corrected chi connectivity index (χ1v) is 7.28. The predicted octanol–water partition coefficient (Wildman–Crippen LogP) is 3.25. The average Bonchev–Trinajstić information content (AvgIpc) is 2.85. The van der Waals surface area contributed by atoms with E-state index in [0.29, 0.717) is 36.0 Å². The Bertz CT molecular complexity index is 610. The van der Waals surface area contributed by atoms with Crippen LogP contribution in [0.4, 0.5) is 4.39 Å². The summed E-state index contributed by atoms with van der Waals surface area (Å²) < 4.78 is 23.3. The molecular weight excluding hydrogens is 293 g/mol. The fourth-order valence-corrected chi connectivity index (χ4v) is 2.75. The van der Waals surface area contributed by atoms with Crippen molar-refractivity contribution in [2.24, 2.45) is 0 Å². The topological polar surface area (TPSA) is 48.4 Å². The van der Waals surface area contributed by atoms with Crippen LogP contribution in [0.1, 0.15) is 27.3 Å². The summed E-state index contributed by atoms with van der Waals surface area (Å²) in [6.45, 7) is 2.26. The number of nitrogens with zero attached hydrogens (tertiary/aromatic N) is 1. The van der Waals surface area contributed by atoms with Crippen molar-refractivity contribution >= 4 is 17.1 Å². The molecular formula is C15H16FNO3S. The van der Waals surface area contributed by atoms with Gasteiger partial charge in [0.1, 0.15) is 11.6 Å². The average molecular weight is 309 g/mol. The number of methoxy groups -OCH3 is 1. The van der Waals surface area contributed by atoms with Crippen LogP contribution in [-0.2, 0) is 17.8 Å². The number of halogens is 1. The predicted molar refractivity (Wildman–Crippen MR) is 78.4 cm³/mol. The number of benzene rings is 1. The second kappa shape index (κ2) is 7.28. The van der Waals surface area contributed by atoms with Crippen molar-refractivity contribution in [2.75, 3.05) is 13.7 Å². The Morgan fingerprint density at radius 1 is 1.33 bits per heavy atom. The Balaban J connectivity index is 1.95. The molecule has 0 amide bonds. The van der Waals surface area contributed by atoms with E-state index in [1.165, 1.54) is 30.4 Å². The van der Waals surface area contributed by atoms with Gasteiger partial charge in [0.15, 0.2) is 5.78 Å². The molecule has 0 atom stereocenters. The van der Waals surface area contributed by atoms with Crippen LogP contribution in [0.2, 0.25) is 0 Å². The lowest BCUT2D eigenvalue weighted by Gasteiger charge is -2.04. The molecule has 2 rings (SSSR count). The molecule has 0 bridgehead atoms. The maximum Gasteiger partial charge on any atom is 0.171 e. The van der Waals surface area contributed by atoms with E-state index in [9.17, 15) is 9.18 Å². The summed E-state index contributed by atoms with van der Waals surface area (Å²) in [5, 5.41) is 0.828. The molecule has 0 unspecified atom stereocenters. The van der Waals surface area contributed by atoms with Crippen molar-refractivity contribution in [2.45, 2.75) is 20.0 Å². The van der Waals surface area contributed by atoms with Gasteiger partial charge in [0.05, 0.1) is 28.8 Å². The quantitative estimate of drug-likeness (QED) is 0.737. The van der Waals surface area contributed by atoms with Gasteiger partial charge in [-0.1, -0.05) is 0 Å². The van der Waals surface area contributed by atoms with Gasteiger partial charge in [-0.15, -0.1) is 11.3 Å². The number of thiazole rings is 1. The molecule has 6 heteroatoms. The van der Waals surface area contributed by atoms with Gasteiger partial charge in [-0.3, -0.25) is 4.79 Å². The first-order chi connectivity index (χ1) is 10.1. The third-order valence-electron chi connectivity index (χ3n) is 2.74. The van der Waals surface area contributed by atoms with Crippen molar-refractivity contribution in [3.63, 3.8) is 0 Å². The van der Waals surface area contributed by atoms with Gasteiger partial charge < -0.3 is 9.47 Å². The van der Waals surface area contributed by atoms with Crippen LogP contribution in [0, 0.1) is 5.82 Å². The summed E-state index contributed by atoms with van der Waals surface area (Å²) >= 11 is 1.36. The highest BCUT2D eigenvalue weighted by Gasteiger charge is 2.14. The fraction of sp³-hybridized carbons (Fsp3) is 0.333. The van der Waals surface area contributed by atoms with E-state index in [0.717, 1.165) is 5.01 Å². The highest BCUT2D eigenvalue weighted by atomic mass is 32.1. The minimum atomic E-state index is -0.294. The molecule has 21 heavy (non-hydrogen) atoms. The van der Waals surface area contributed by atoms with E-state index in [1.807, 2.05) is 0 Å². The van der Waals surface area contributed by atoms with Crippen LogP contribution in [0.15, 0.2) is 24.3 Å². The van der Waals surface area contributed by atoms with Crippen LogP contribution in [-0.4, -0.2) is 24.5 Å². The fourth-order valence-electron chi connectivity index (χ4n) is 1.80. The summed E-state index contributed by atoms with van der Waals surface area (Å²) in [5.41, 5.74) is 0.673. The SMILES string of the molecule is COCc1nc(CCOc2ccc(F)cc2)sc1C(C)=O. The van der Waals surface area contributed by atoms with Gasteiger partial charge in [-0.05, 0) is 24.3 Å². The molecule has 1 aromatic carbocycles. The Kier molecular flexibility index (Phi) is 5.41. The number of hydrogen-bond acceptors (Lipinski definition) is 5.